The molecule has 1 aromatic rings. The maximum absolute atomic E-state index is 10.9. The highest BCUT2D eigenvalue weighted by atomic mass is 16.6. The van der Waals surface area contributed by atoms with Crippen molar-refractivity contribution in [3.05, 3.63) is 28.3 Å². The Balaban J connectivity index is 2.77. The van der Waals surface area contributed by atoms with Gasteiger partial charge in [-0.25, -0.2) is 0 Å². The van der Waals surface area contributed by atoms with Crippen LogP contribution in [0, 0.1) is 10.1 Å². The van der Waals surface area contributed by atoms with Crippen LogP contribution in [0.1, 0.15) is 33.1 Å². The van der Waals surface area contributed by atoms with Crippen molar-refractivity contribution in [3.63, 3.8) is 0 Å². The number of non-ortho nitro benzene ring substituents is 1. The molecule has 112 valence electrons. The van der Waals surface area contributed by atoms with Crippen LogP contribution in [0.2, 0.25) is 0 Å². The molecule has 6 nitrogen and oxygen atoms in total. The lowest BCUT2D eigenvalue weighted by Gasteiger charge is -2.13. The van der Waals surface area contributed by atoms with E-state index in [1.165, 1.54) is 12.1 Å². The van der Waals surface area contributed by atoms with E-state index in [1.54, 1.807) is 6.07 Å². The van der Waals surface area contributed by atoms with Gasteiger partial charge in [-0.3, -0.25) is 10.1 Å². The Morgan fingerprint density at radius 1 is 1.35 bits per heavy atom. The number of nitro benzene ring substituents is 1. The van der Waals surface area contributed by atoms with Crippen molar-refractivity contribution in [1.29, 1.82) is 0 Å². The van der Waals surface area contributed by atoms with Gasteiger partial charge in [0, 0.05) is 24.4 Å². The average molecular weight is 282 g/mol. The van der Waals surface area contributed by atoms with Gasteiger partial charge in [-0.2, -0.15) is 0 Å². The van der Waals surface area contributed by atoms with Gasteiger partial charge in [-0.05, 0) is 12.8 Å². The second-order valence-corrected chi connectivity index (χ2v) is 4.64. The van der Waals surface area contributed by atoms with Crippen molar-refractivity contribution >= 4 is 11.4 Å². The minimum Gasteiger partial charge on any atom is -0.493 e. The first-order valence-corrected chi connectivity index (χ1v) is 6.91. The fraction of sp³-hybridized carbons (Fsp3) is 0.571. The molecule has 0 saturated carbocycles. The van der Waals surface area contributed by atoms with Gasteiger partial charge in [0.15, 0.2) is 0 Å². The molecule has 0 bridgehead atoms. The molecule has 0 aliphatic carbocycles. The van der Waals surface area contributed by atoms with Crippen LogP contribution in [-0.4, -0.2) is 29.3 Å². The van der Waals surface area contributed by atoms with Crippen LogP contribution < -0.4 is 10.1 Å². The predicted octanol–water partition coefficient (Wildman–Crippen LogP) is 2.96. The van der Waals surface area contributed by atoms with Crippen molar-refractivity contribution in [3.8, 4) is 5.75 Å². The Labute approximate surface area is 118 Å². The normalized spacial score (nSPS) is 11.9. The molecule has 0 aromatic heterocycles. The summed E-state index contributed by atoms with van der Waals surface area (Å²) in [5.74, 6) is 0.466. The van der Waals surface area contributed by atoms with Gasteiger partial charge in [0.25, 0.3) is 5.69 Å². The molecule has 1 unspecified atom stereocenters. The number of aliphatic hydroxyl groups excluding tert-OH is 1. The summed E-state index contributed by atoms with van der Waals surface area (Å²) in [4.78, 5) is 10.4. The highest BCUT2D eigenvalue weighted by Gasteiger charge is 2.11. The zero-order valence-electron chi connectivity index (χ0n) is 12.0. The van der Waals surface area contributed by atoms with Crippen LogP contribution >= 0.6 is 0 Å². The number of benzene rings is 1. The molecular formula is C14H22N2O4. The van der Waals surface area contributed by atoms with E-state index in [1.807, 2.05) is 13.8 Å². The first kappa shape index (κ1) is 16.2. The summed E-state index contributed by atoms with van der Waals surface area (Å²) in [5.41, 5.74) is 0.562. The molecule has 20 heavy (non-hydrogen) atoms. The molecule has 0 amide bonds. The number of hydrogen-bond donors (Lipinski definition) is 2. The number of anilines is 1. The number of hydrogen-bond acceptors (Lipinski definition) is 5. The van der Waals surface area contributed by atoms with Crippen molar-refractivity contribution in [2.75, 3.05) is 18.5 Å². The molecule has 1 rings (SSSR count). The lowest BCUT2D eigenvalue weighted by atomic mass is 10.2. The molecule has 0 saturated heterocycles. The van der Waals surface area contributed by atoms with Crippen LogP contribution in [0.15, 0.2) is 18.2 Å². The van der Waals surface area contributed by atoms with E-state index >= 15 is 0 Å². The molecule has 2 N–H and O–H groups in total. The van der Waals surface area contributed by atoms with Crippen molar-refractivity contribution < 1.29 is 14.8 Å². The second kappa shape index (κ2) is 8.37. The third kappa shape index (κ3) is 5.44. The average Bonchev–Trinajstić information content (AvgIpc) is 2.43. The van der Waals surface area contributed by atoms with Gasteiger partial charge in [-0.15, -0.1) is 0 Å². The van der Waals surface area contributed by atoms with E-state index in [4.69, 9.17) is 4.74 Å². The summed E-state index contributed by atoms with van der Waals surface area (Å²) in [5, 5.41) is 23.6. The Morgan fingerprint density at radius 3 is 2.70 bits per heavy atom. The van der Waals surface area contributed by atoms with Crippen molar-refractivity contribution in [2.24, 2.45) is 0 Å². The molecule has 1 aromatic carbocycles. The zero-order chi connectivity index (χ0) is 15.0. The minimum atomic E-state index is -0.459. The molecule has 0 fully saturated rings. The fourth-order valence-corrected chi connectivity index (χ4v) is 1.77. The van der Waals surface area contributed by atoms with E-state index in [0.717, 1.165) is 12.8 Å². The first-order valence-electron chi connectivity index (χ1n) is 6.91. The molecule has 1 atom stereocenters. The number of ether oxygens (including phenoxy) is 1. The minimum absolute atomic E-state index is 0.0221. The quantitative estimate of drug-likeness (QED) is 0.537. The highest BCUT2D eigenvalue weighted by Crippen LogP contribution is 2.26. The lowest BCUT2D eigenvalue weighted by molar-refractivity contribution is -0.384. The van der Waals surface area contributed by atoms with Gasteiger partial charge >= 0.3 is 0 Å². The van der Waals surface area contributed by atoms with Gasteiger partial charge in [-0.1, -0.05) is 20.3 Å². The molecule has 0 aliphatic heterocycles. The van der Waals surface area contributed by atoms with Gasteiger partial charge in [0.1, 0.15) is 5.75 Å². The topological polar surface area (TPSA) is 84.6 Å². The lowest BCUT2D eigenvalue weighted by Crippen LogP contribution is -2.19. The summed E-state index contributed by atoms with van der Waals surface area (Å²) < 4.78 is 5.43. The monoisotopic (exact) mass is 282 g/mol. The van der Waals surface area contributed by atoms with E-state index < -0.39 is 11.0 Å². The SMILES string of the molecule is CCCOc1cc(NCC(O)CCC)cc([N+](=O)[O-])c1. The van der Waals surface area contributed by atoms with Crippen molar-refractivity contribution in [2.45, 2.75) is 39.2 Å². The van der Waals surface area contributed by atoms with Gasteiger partial charge in [0.2, 0.25) is 0 Å². The third-order valence-corrected chi connectivity index (χ3v) is 2.74. The van der Waals surface area contributed by atoms with Gasteiger partial charge < -0.3 is 15.2 Å². The highest BCUT2D eigenvalue weighted by molar-refractivity contribution is 5.56. The van der Waals surface area contributed by atoms with Gasteiger partial charge in [0.05, 0.1) is 23.7 Å². The van der Waals surface area contributed by atoms with Crippen LogP contribution in [0.5, 0.6) is 5.75 Å². The first-order chi connectivity index (χ1) is 9.56. The zero-order valence-corrected chi connectivity index (χ0v) is 12.0. The van der Waals surface area contributed by atoms with Crippen molar-refractivity contribution in [1.82, 2.24) is 0 Å². The largest absolute Gasteiger partial charge is 0.493 e. The van der Waals surface area contributed by atoms with Crippen LogP contribution in [0.3, 0.4) is 0 Å². The fourth-order valence-electron chi connectivity index (χ4n) is 1.77. The third-order valence-electron chi connectivity index (χ3n) is 2.74. The summed E-state index contributed by atoms with van der Waals surface area (Å²) >= 11 is 0. The number of rotatable bonds is 9. The van der Waals surface area contributed by atoms with Crippen LogP contribution in [-0.2, 0) is 0 Å². The summed E-state index contributed by atoms with van der Waals surface area (Å²) in [7, 11) is 0. The molecule has 0 radical (unpaired) electrons. The number of aliphatic hydroxyl groups is 1. The van der Waals surface area contributed by atoms with Crippen LogP contribution in [0.4, 0.5) is 11.4 Å². The van der Waals surface area contributed by atoms with E-state index in [0.29, 0.717) is 31.0 Å². The molecule has 0 heterocycles. The van der Waals surface area contributed by atoms with E-state index in [2.05, 4.69) is 5.32 Å². The smallest absolute Gasteiger partial charge is 0.275 e. The maximum Gasteiger partial charge on any atom is 0.275 e. The van der Waals surface area contributed by atoms with E-state index in [-0.39, 0.29) is 5.69 Å². The number of nitro groups is 1. The molecule has 6 heteroatoms. The summed E-state index contributed by atoms with van der Waals surface area (Å²) in [6, 6.07) is 4.56. The standard InChI is InChI=1S/C14H22N2O4/c1-3-5-13(17)10-15-11-7-12(16(18)19)9-14(8-11)20-6-4-2/h7-9,13,15,17H,3-6,10H2,1-2H3. The Hall–Kier alpha value is -1.82. The molecule has 0 aliphatic rings. The maximum atomic E-state index is 10.9. The number of nitrogens with zero attached hydrogens (tertiary/aromatic N) is 1. The number of nitrogens with one attached hydrogen (secondary N) is 1. The Kier molecular flexibility index (Phi) is 6.79. The summed E-state index contributed by atoms with van der Waals surface area (Å²) in [6.45, 7) is 4.84. The Bertz CT molecular complexity index is 437. The van der Waals surface area contributed by atoms with E-state index in [9.17, 15) is 15.2 Å². The Morgan fingerprint density at radius 2 is 2.10 bits per heavy atom. The predicted molar refractivity (Wildman–Crippen MR) is 78.3 cm³/mol. The summed E-state index contributed by atoms with van der Waals surface area (Å²) in [6.07, 6.45) is 1.96. The van der Waals surface area contributed by atoms with Crippen LogP contribution in [0.25, 0.3) is 0 Å². The molecule has 0 spiro atoms. The second-order valence-electron chi connectivity index (χ2n) is 4.64. The molecular weight excluding hydrogens is 260 g/mol.